The van der Waals surface area contributed by atoms with E-state index in [1.165, 1.54) is 0 Å². The lowest BCUT2D eigenvalue weighted by Crippen LogP contribution is -2.35. The van der Waals surface area contributed by atoms with Crippen LogP contribution >= 0.6 is 0 Å². The Morgan fingerprint density at radius 2 is 1.83 bits per heavy atom. The van der Waals surface area contributed by atoms with Crippen LogP contribution in [0.25, 0.3) is 11.1 Å². The van der Waals surface area contributed by atoms with Crippen molar-refractivity contribution < 1.29 is 4.79 Å². The molecule has 0 atom stereocenters. The van der Waals surface area contributed by atoms with E-state index in [2.05, 4.69) is 36.6 Å². The van der Waals surface area contributed by atoms with Crippen LogP contribution in [0.4, 0.5) is 5.69 Å². The minimum atomic E-state index is 0.0229. The molecule has 6 nitrogen and oxygen atoms in total. The van der Waals surface area contributed by atoms with E-state index in [4.69, 9.17) is 16.5 Å². The molecule has 0 saturated carbocycles. The quantitative estimate of drug-likeness (QED) is 0.562. The van der Waals surface area contributed by atoms with Gasteiger partial charge in [-0.1, -0.05) is 38.1 Å². The van der Waals surface area contributed by atoms with Gasteiger partial charge in [0, 0.05) is 30.3 Å². The van der Waals surface area contributed by atoms with Gasteiger partial charge in [0.15, 0.2) is 0 Å². The lowest BCUT2D eigenvalue weighted by atomic mass is 9.91. The van der Waals surface area contributed by atoms with Crippen LogP contribution in [0.3, 0.4) is 0 Å². The van der Waals surface area contributed by atoms with E-state index in [1.54, 1.807) is 0 Å². The third-order valence-corrected chi connectivity index (χ3v) is 5.81. The summed E-state index contributed by atoms with van der Waals surface area (Å²) in [5, 5.41) is 6.54. The first-order chi connectivity index (χ1) is 14.4. The lowest BCUT2D eigenvalue weighted by molar-refractivity contribution is -0.120. The molecule has 2 aromatic rings. The number of aryl methyl sites for hydroxylation is 1. The average Bonchev–Trinajstić information content (AvgIpc) is 2.75. The summed E-state index contributed by atoms with van der Waals surface area (Å²) >= 11 is 0. The van der Waals surface area contributed by atoms with Crippen LogP contribution in [-0.4, -0.2) is 24.0 Å². The molecule has 1 aliphatic heterocycles. The molecule has 1 amide bonds. The number of nitrogens with zero attached hydrogens (tertiary/aromatic N) is 1. The summed E-state index contributed by atoms with van der Waals surface area (Å²) in [7, 11) is 0. The number of hydrogen-bond acceptors (Lipinski definition) is 5. The molecule has 0 unspecified atom stereocenters. The van der Waals surface area contributed by atoms with Gasteiger partial charge in [0.2, 0.25) is 5.91 Å². The molecule has 3 rings (SSSR count). The number of nitrogens with one attached hydrogen (secondary N) is 2. The van der Waals surface area contributed by atoms with E-state index < -0.39 is 0 Å². The van der Waals surface area contributed by atoms with Gasteiger partial charge in [0.1, 0.15) is 0 Å². The number of aromatic nitrogens is 1. The Balaban J connectivity index is 2.09. The maximum atomic E-state index is 13.1. The molecule has 1 fully saturated rings. The summed E-state index contributed by atoms with van der Waals surface area (Å²) in [6.45, 7) is 8.96. The normalized spacial score (nSPS) is 14.9. The Kier molecular flexibility index (Phi) is 7.58. The number of anilines is 1. The number of piperidine rings is 1. The molecule has 6 heteroatoms. The van der Waals surface area contributed by atoms with Crippen molar-refractivity contribution in [2.24, 2.45) is 23.3 Å². The molecule has 1 aromatic heterocycles. The van der Waals surface area contributed by atoms with Gasteiger partial charge in [-0.25, -0.2) is 0 Å². The summed E-state index contributed by atoms with van der Waals surface area (Å²) < 4.78 is 0. The maximum Gasteiger partial charge on any atom is 0.227 e. The maximum absolute atomic E-state index is 13.1. The second kappa shape index (κ2) is 10.2. The number of pyridine rings is 1. The van der Waals surface area contributed by atoms with Crippen LogP contribution in [0.2, 0.25) is 0 Å². The second-order valence-corrected chi connectivity index (χ2v) is 8.59. The first-order valence-corrected chi connectivity index (χ1v) is 11.0. The molecule has 162 valence electrons. The van der Waals surface area contributed by atoms with Crippen molar-refractivity contribution in [2.45, 2.75) is 53.1 Å². The van der Waals surface area contributed by atoms with Gasteiger partial charge in [-0.3, -0.25) is 9.78 Å². The predicted octanol–water partition coefficient (Wildman–Crippen LogP) is 3.11. The topological polar surface area (TPSA) is 106 Å². The standard InChI is InChI=1S/C24H35N5O/c1-15(2)12-21-20(14-26)22(18-6-4-17(13-25)5-7-18)23(16(3)28-21)29-24(30)19-8-10-27-11-9-19/h4-7,15,19,27H,8-14,25-26H2,1-3H3,(H,29,30). The highest BCUT2D eigenvalue weighted by molar-refractivity contribution is 5.98. The van der Waals surface area contributed by atoms with Gasteiger partial charge < -0.3 is 22.1 Å². The van der Waals surface area contributed by atoms with Gasteiger partial charge in [-0.15, -0.1) is 0 Å². The van der Waals surface area contributed by atoms with Crippen molar-refractivity contribution in [1.29, 1.82) is 0 Å². The molecule has 1 saturated heterocycles. The fourth-order valence-electron chi connectivity index (χ4n) is 4.17. The van der Waals surface area contributed by atoms with E-state index in [9.17, 15) is 4.79 Å². The summed E-state index contributed by atoms with van der Waals surface area (Å²) in [6, 6.07) is 8.20. The van der Waals surface area contributed by atoms with Crippen LogP contribution < -0.4 is 22.1 Å². The van der Waals surface area contributed by atoms with Crippen molar-refractivity contribution in [2.75, 3.05) is 18.4 Å². The fraction of sp³-hybridized carbons (Fsp3) is 0.500. The van der Waals surface area contributed by atoms with Crippen LogP contribution in [0.15, 0.2) is 24.3 Å². The Morgan fingerprint density at radius 3 is 2.40 bits per heavy atom. The summed E-state index contributed by atoms with van der Waals surface area (Å²) in [6.07, 6.45) is 2.56. The Labute approximate surface area is 179 Å². The molecular weight excluding hydrogens is 374 g/mol. The van der Waals surface area contributed by atoms with E-state index in [0.717, 1.165) is 71.7 Å². The lowest BCUT2D eigenvalue weighted by Gasteiger charge is -2.25. The van der Waals surface area contributed by atoms with Crippen LogP contribution in [-0.2, 0) is 24.3 Å². The summed E-state index contributed by atoms with van der Waals surface area (Å²) in [5.74, 6) is 0.556. The smallest absolute Gasteiger partial charge is 0.227 e. The average molecular weight is 410 g/mol. The largest absolute Gasteiger partial charge is 0.326 e. The van der Waals surface area contributed by atoms with Gasteiger partial charge in [-0.05, 0) is 61.9 Å². The first kappa shape index (κ1) is 22.4. The van der Waals surface area contributed by atoms with Crippen LogP contribution in [0.1, 0.15) is 49.2 Å². The number of carbonyl (C=O) groups excluding carboxylic acids is 1. The van der Waals surface area contributed by atoms with Crippen molar-refractivity contribution in [3.63, 3.8) is 0 Å². The number of carbonyl (C=O) groups is 1. The highest BCUT2D eigenvalue weighted by atomic mass is 16.1. The Morgan fingerprint density at radius 1 is 1.17 bits per heavy atom. The number of rotatable bonds is 7. The minimum absolute atomic E-state index is 0.0229. The molecule has 0 radical (unpaired) electrons. The van der Waals surface area contributed by atoms with E-state index in [-0.39, 0.29) is 11.8 Å². The van der Waals surface area contributed by atoms with Crippen molar-refractivity contribution in [3.8, 4) is 11.1 Å². The van der Waals surface area contributed by atoms with E-state index >= 15 is 0 Å². The highest BCUT2D eigenvalue weighted by Crippen LogP contribution is 2.36. The van der Waals surface area contributed by atoms with Gasteiger partial charge in [0.05, 0.1) is 11.4 Å². The second-order valence-electron chi connectivity index (χ2n) is 8.59. The number of benzene rings is 1. The molecule has 6 N–H and O–H groups in total. The zero-order valence-electron chi connectivity index (χ0n) is 18.4. The van der Waals surface area contributed by atoms with Crippen LogP contribution in [0.5, 0.6) is 0 Å². The van der Waals surface area contributed by atoms with Crippen LogP contribution in [0, 0.1) is 18.8 Å². The SMILES string of the molecule is Cc1nc(CC(C)C)c(CN)c(-c2ccc(CN)cc2)c1NC(=O)C1CCNCC1. The third kappa shape index (κ3) is 5.06. The monoisotopic (exact) mass is 409 g/mol. The fourth-order valence-corrected chi connectivity index (χ4v) is 4.17. The number of amides is 1. The predicted molar refractivity (Wildman–Crippen MR) is 123 cm³/mol. The molecule has 0 aliphatic carbocycles. The van der Waals surface area contributed by atoms with Gasteiger partial charge in [0.25, 0.3) is 0 Å². The molecule has 30 heavy (non-hydrogen) atoms. The van der Waals surface area contributed by atoms with Crippen molar-refractivity contribution in [3.05, 3.63) is 46.8 Å². The molecular formula is C24H35N5O. The Bertz CT molecular complexity index is 870. The molecule has 1 aliphatic rings. The molecule has 2 heterocycles. The Hall–Kier alpha value is -2.28. The molecule has 0 spiro atoms. The number of hydrogen-bond donors (Lipinski definition) is 4. The summed E-state index contributed by atoms with van der Waals surface area (Å²) in [4.78, 5) is 17.9. The summed E-state index contributed by atoms with van der Waals surface area (Å²) in [5.41, 5.74) is 18.8. The van der Waals surface area contributed by atoms with Crippen molar-refractivity contribution in [1.82, 2.24) is 10.3 Å². The zero-order valence-corrected chi connectivity index (χ0v) is 18.4. The van der Waals surface area contributed by atoms with E-state index in [0.29, 0.717) is 19.0 Å². The minimum Gasteiger partial charge on any atom is -0.326 e. The molecule has 0 bridgehead atoms. The molecule has 1 aromatic carbocycles. The van der Waals surface area contributed by atoms with Crippen molar-refractivity contribution >= 4 is 11.6 Å². The third-order valence-electron chi connectivity index (χ3n) is 5.81. The number of nitrogens with two attached hydrogens (primary N) is 2. The zero-order chi connectivity index (χ0) is 21.7. The van der Waals surface area contributed by atoms with Gasteiger partial charge >= 0.3 is 0 Å². The van der Waals surface area contributed by atoms with Gasteiger partial charge in [-0.2, -0.15) is 0 Å². The highest BCUT2D eigenvalue weighted by Gasteiger charge is 2.25. The van der Waals surface area contributed by atoms with E-state index in [1.807, 2.05) is 19.1 Å². The first-order valence-electron chi connectivity index (χ1n) is 11.0.